The van der Waals surface area contributed by atoms with Gasteiger partial charge in [-0.3, -0.25) is 0 Å². The number of benzene rings is 1. The molecule has 0 unspecified atom stereocenters. The number of aliphatic imine (C=N–C) groups is 1. The molecule has 0 spiro atoms. The lowest BCUT2D eigenvalue weighted by Crippen LogP contribution is -1.95. The number of aryl methyl sites for hydroxylation is 1. The minimum absolute atomic E-state index is 0.310. The van der Waals surface area contributed by atoms with Gasteiger partial charge in [0, 0.05) is 5.56 Å². The van der Waals surface area contributed by atoms with Crippen LogP contribution in [-0.2, 0) is 16.2 Å². The summed E-state index contributed by atoms with van der Waals surface area (Å²) in [4.78, 5) is 19.2. The normalized spacial score (nSPS) is 10.9. The second kappa shape index (κ2) is 6.61. The van der Waals surface area contributed by atoms with Gasteiger partial charge in [-0.25, -0.2) is 4.79 Å². The van der Waals surface area contributed by atoms with E-state index in [0.717, 1.165) is 23.3 Å². The molecule has 0 saturated heterocycles. The number of rotatable bonds is 5. The van der Waals surface area contributed by atoms with Crippen LogP contribution in [-0.4, -0.2) is 11.8 Å². The Kier molecular flexibility index (Phi) is 5.11. The summed E-state index contributed by atoms with van der Waals surface area (Å²) >= 11 is 0. The molecule has 0 amide bonds. The lowest BCUT2D eigenvalue weighted by Gasteiger charge is -2.07. The predicted octanol–water partition coefficient (Wildman–Crippen LogP) is 3.26. The summed E-state index contributed by atoms with van der Waals surface area (Å²) in [6.07, 6.45) is 2.40. The molecular formula is C13H16N2O2. The topological polar surface area (TPSA) is 51.0 Å². The summed E-state index contributed by atoms with van der Waals surface area (Å²) in [6, 6.07) is 5.54. The summed E-state index contributed by atoms with van der Waals surface area (Å²) in [7, 11) is 0. The monoisotopic (exact) mass is 232 g/mol. The average molecular weight is 232 g/mol. The van der Waals surface area contributed by atoms with E-state index in [1.54, 1.807) is 12.1 Å². The number of hydrogen-bond donors (Lipinski definition) is 0. The van der Waals surface area contributed by atoms with Crippen molar-refractivity contribution < 1.29 is 9.63 Å². The van der Waals surface area contributed by atoms with Crippen molar-refractivity contribution in [3.63, 3.8) is 0 Å². The van der Waals surface area contributed by atoms with Crippen LogP contribution >= 0.6 is 0 Å². The first-order valence-corrected chi connectivity index (χ1v) is 5.50. The van der Waals surface area contributed by atoms with Gasteiger partial charge in [-0.2, -0.15) is 4.99 Å². The van der Waals surface area contributed by atoms with E-state index in [0.29, 0.717) is 12.3 Å². The maximum Gasteiger partial charge on any atom is 0.240 e. The van der Waals surface area contributed by atoms with E-state index in [1.807, 2.05) is 32.9 Å². The van der Waals surface area contributed by atoms with Crippen LogP contribution in [0.3, 0.4) is 0 Å². The van der Waals surface area contributed by atoms with Gasteiger partial charge in [-0.15, -0.1) is 0 Å². The smallest absolute Gasteiger partial charge is 0.240 e. The minimum Gasteiger partial charge on any atom is -0.391 e. The Morgan fingerprint density at radius 3 is 2.88 bits per heavy atom. The number of oxime groups is 1. The first-order chi connectivity index (χ1) is 8.19. The Morgan fingerprint density at radius 2 is 2.24 bits per heavy atom. The Labute approximate surface area is 101 Å². The molecule has 0 fully saturated rings. The second-order valence-corrected chi connectivity index (χ2v) is 3.73. The molecule has 17 heavy (non-hydrogen) atoms. The van der Waals surface area contributed by atoms with E-state index >= 15 is 0 Å². The van der Waals surface area contributed by atoms with E-state index in [1.165, 1.54) is 0 Å². The third-order valence-electron chi connectivity index (χ3n) is 2.49. The molecule has 4 heteroatoms. The lowest BCUT2D eigenvalue weighted by atomic mass is 10.1. The van der Waals surface area contributed by atoms with E-state index in [9.17, 15) is 4.79 Å². The van der Waals surface area contributed by atoms with Gasteiger partial charge < -0.3 is 4.84 Å². The maximum atomic E-state index is 10.3. The van der Waals surface area contributed by atoms with Gasteiger partial charge >= 0.3 is 0 Å². The van der Waals surface area contributed by atoms with Crippen LogP contribution in [0.2, 0.25) is 0 Å². The molecule has 0 aliphatic rings. The summed E-state index contributed by atoms with van der Waals surface area (Å²) in [5.41, 5.74) is 3.40. The molecule has 4 nitrogen and oxygen atoms in total. The van der Waals surface area contributed by atoms with Crippen LogP contribution in [0.4, 0.5) is 5.69 Å². The van der Waals surface area contributed by atoms with Crippen molar-refractivity contribution >= 4 is 17.5 Å². The SMILES string of the molecule is CCC(C)=NOCc1c(C)cccc1N=C=O. The first kappa shape index (κ1) is 13.1. The van der Waals surface area contributed by atoms with Crippen molar-refractivity contribution in [2.75, 3.05) is 0 Å². The highest BCUT2D eigenvalue weighted by atomic mass is 16.6. The van der Waals surface area contributed by atoms with E-state index in [2.05, 4.69) is 10.1 Å². The zero-order valence-electron chi connectivity index (χ0n) is 10.4. The third-order valence-corrected chi connectivity index (χ3v) is 2.49. The van der Waals surface area contributed by atoms with E-state index in [-0.39, 0.29) is 0 Å². The first-order valence-electron chi connectivity index (χ1n) is 5.50. The van der Waals surface area contributed by atoms with Crippen LogP contribution in [0.1, 0.15) is 31.4 Å². The zero-order chi connectivity index (χ0) is 12.7. The van der Waals surface area contributed by atoms with Gasteiger partial charge in [0.2, 0.25) is 6.08 Å². The molecular weight excluding hydrogens is 216 g/mol. The predicted molar refractivity (Wildman–Crippen MR) is 67.1 cm³/mol. The highest BCUT2D eigenvalue weighted by molar-refractivity contribution is 5.80. The highest BCUT2D eigenvalue weighted by Gasteiger charge is 2.05. The summed E-state index contributed by atoms with van der Waals surface area (Å²) in [6.45, 7) is 6.17. The highest BCUT2D eigenvalue weighted by Crippen LogP contribution is 2.22. The van der Waals surface area contributed by atoms with Crippen molar-refractivity contribution in [2.45, 2.75) is 33.8 Å². The molecule has 0 aliphatic heterocycles. The molecule has 0 atom stereocenters. The average Bonchev–Trinajstić information content (AvgIpc) is 2.32. The summed E-state index contributed by atoms with van der Waals surface area (Å²) < 4.78 is 0. The number of carbonyl (C=O) groups excluding carboxylic acids is 1. The number of isocyanates is 1. The molecule has 1 aromatic carbocycles. The van der Waals surface area contributed by atoms with Gasteiger partial charge in [-0.1, -0.05) is 24.2 Å². The third kappa shape index (κ3) is 3.85. The Hall–Kier alpha value is -1.93. The van der Waals surface area contributed by atoms with Crippen molar-refractivity contribution in [1.82, 2.24) is 0 Å². The van der Waals surface area contributed by atoms with Crippen LogP contribution < -0.4 is 0 Å². The molecule has 0 aromatic heterocycles. The molecule has 90 valence electrons. The Balaban J connectivity index is 2.86. The fraction of sp³-hybridized carbons (Fsp3) is 0.385. The van der Waals surface area contributed by atoms with Gasteiger partial charge in [0.15, 0.2) is 0 Å². The summed E-state index contributed by atoms with van der Waals surface area (Å²) in [5, 5.41) is 3.96. The quantitative estimate of drug-likeness (QED) is 0.444. The van der Waals surface area contributed by atoms with Crippen LogP contribution in [0.15, 0.2) is 28.3 Å². The number of nitrogens with zero attached hydrogens (tertiary/aromatic N) is 2. The van der Waals surface area contributed by atoms with Crippen molar-refractivity contribution in [3.8, 4) is 0 Å². The minimum atomic E-state index is 0.310. The van der Waals surface area contributed by atoms with Gasteiger partial charge in [0.05, 0.1) is 11.4 Å². The maximum absolute atomic E-state index is 10.3. The summed E-state index contributed by atoms with van der Waals surface area (Å²) in [5.74, 6) is 0. The van der Waals surface area contributed by atoms with Gasteiger partial charge in [-0.05, 0) is 31.9 Å². The van der Waals surface area contributed by atoms with Crippen LogP contribution in [0.5, 0.6) is 0 Å². The molecule has 0 bridgehead atoms. The fourth-order valence-electron chi connectivity index (χ4n) is 1.30. The molecule has 1 aromatic rings. The molecule has 0 saturated carbocycles. The van der Waals surface area contributed by atoms with Crippen molar-refractivity contribution in [2.24, 2.45) is 10.1 Å². The molecule has 0 radical (unpaired) electrons. The van der Waals surface area contributed by atoms with Crippen LogP contribution in [0, 0.1) is 6.92 Å². The van der Waals surface area contributed by atoms with Crippen molar-refractivity contribution in [1.29, 1.82) is 0 Å². The van der Waals surface area contributed by atoms with Gasteiger partial charge in [0.25, 0.3) is 0 Å². The standard InChI is InChI=1S/C13H16N2O2/c1-4-11(3)15-17-8-12-10(2)6-5-7-13(12)14-9-16/h5-7H,4,8H2,1-3H3. The van der Waals surface area contributed by atoms with Crippen molar-refractivity contribution in [3.05, 3.63) is 29.3 Å². The zero-order valence-corrected chi connectivity index (χ0v) is 10.4. The fourth-order valence-corrected chi connectivity index (χ4v) is 1.30. The van der Waals surface area contributed by atoms with Crippen LogP contribution in [0.25, 0.3) is 0 Å². The Morgan fingerprint density at radius 1 is 1.47 bits per heavy atom. The largest absolute Gasteiger partial charge is 0.391 e. The Bertz CT molecular complexity index is 460. The lowest BCUT2D eigenvalue weighted by molar-refractivity contribution is 0.129. The van der Waals surface area contributed by atoms with E-state index < -0.39 is 0 Å². The molecule has 0 N–H and O–H groups in total. The molecule has 0 heterocycles. The molecule has 0 aliphatic carbocycles. The second-order valence-electron chi connectivity index (χ2n) is 3.73. The molecule has 1 rings (SSSR count). The van der Waals surface area contributed by atoms with E-state index in [4.69, 9.17) is 4.84 Å². The number of hydrogen-bond acceptors (Lipinski definition) is 4. The van der Waals surface area contributed by atoms with Gasteiger partial charge in [0.1, 0.15) is 6.61 Å².